The lowest BCUT2D eigenvalue weighted by atomic mass is 10.1. The van der Waals surface area contributed by atoms with Crippen molar-refractivity contribution in [2.75, 3.05) is 0 Å². The van der Waals surface area contributed by atoms with Gasteiger partial charge in [-0.15, -0.1) is 0 Å². The van der Waals surface area contributed by atoms with Gasteiger partial charge in [0.1, 0.15) is 0 Å². The van der Waals surface area contributed by atoms with E-state index in [4.69, 9.17) is 0 Å². The lowest BCUT2D eigenvalue weighted by molar-refractivity contribution is -0.384. The number of hydrogen-bond acceptors (Lipinski definition) is 5. The van der Waals surface area contributed by atoms with E-state index in [9.17, 15) is 23.3 Å². The number of nitro benzene ring substituents is 1. The number of carbonyl (C=O) groups excluding carboxylic acids is 1. The van der Waals surface area contributed by atoms with Gasteiger partial charge in [0.15, 0.2) is 15.6 Å². The molecular formula is C16H13NO5S. The summed E-state index contributed by atoms with van der Waals surface area (Å²) in [4.78, 5) is 22.0. The molecule has 0 radical (unpaired) electrons. The zero-order valence-corrected chi connectivity index (χ0v) is 13.0. The number of sulfone groups is 1. The fourth-order valence-corrected chi connectivity index (χ4v) is 2.78. The highest BCUT2D eigenvalue weighted by Crippen LogP contribution is 2.15. The predicted octanol–water partition coefficient (Wildman–Crippen LogP) is 3.07. The largest absolute Gasteiger partial charge is 0.289 e. The second kappa shape index (κ2) is 6.53. The molecule has 0 unspecified atom stereocenters. The summed E-state index contributed by atoms with van der Waals surface area (Å²) < 4.78 is 24.2. The molecule has 6 nitrogen and oxygen atoms in total. The molecule has 0 aliphatic heterocycles. The van der Waals surface area contributed by atoms with Gasteiger partial charge in [0.25, 0.3) is 5.69 Å². The first-order chi connectivity index (χ1) is 10.8. The molecule has 0 aliphatic carbocycles. The Hall–Kier alpha value is -2.80. The maximum atomic E-state index is 12.1. The van der Waals surface area contributed by atoms with Crippen molar-refractivity contribution in [1.82, 2.24) is 0 Å². The minimum atomic E-state index is -3.71. The molecule has 2 aromatic carbocycles. The van der Waals surface area contributed by atoms with Crippen LogP contribution in [0.1, 0.15) is 15.9 Å². The Balaban J connectivity index is 2.19. The summed E-state index contributed by atoms with van der Waals surface area (Å²) in [5, 5.41) is 11.4. The van der Waals surface area contributed by atoms with Crippen LogP contribution in [0.4, 0.5) is 5.69 Å². The Bertz CT molecular complexity index is 866. The first kappa shape index (κ1) is 16.6. The number of aryl methyl sites for hydroxylation is 1. The number of hydrogen-bond donors (Lipinski definition) is 0. The third-order valence-electron chi connectivity index (χ3n) is 3.11. The Kier molecular flexibility index (Phi) is 4.71. The highest BCUT2D eigenvalue weighted by atomic mass is 32.2. The van der Waals surface area contributed by atoms with Gasteiger partial charge < -0.3 is 0 Å². The molecule has 2 aromatic rings. The van der Waals surface area contributed by atoms with Crippen molar-refractivity contribution in [1.29, 1.82) is 0 Å². The minimum Gasteiger partial charge on any atom is -0.289 e. The second-order valence-electron chi connectivity index (χ2n) is 4.83. The number of non-ortho nitro benzene ring substituents is 1. The smallest absolute Gasteiger partial charge is 0.269 e. The van der Waals surface area contributed by atoms with Crippen LogP contribution in [0, 0.1) is 17.0 Å². The van der Waals surface area contributed by atoms with Gasteiger partial charge in [0, 0.05) is 23.1 Å². The Morgan fingerprint density at radius 2 is 1.61 bits per heavy atom. The summed E-state index contributed by atoms with van der Waals surface area (Å²) in [5.41, 5.74) is 0.957. The Morgan fingerprint density at radius 3 is 2.13 bits per heavy atom. The molecule has 7 heteroatoms. The van der Waals surface area contributed by atoms with Crippen molar-refractivity contribution >= 4 is 21.3 Å². The molecule has 0 heterocycles. The van der Waals surface area contributed by atoms with E-state index >= 15 is 0 Å². The minimum absolute atomic E-state index is 0.0934. The van der Waals surface area contributed by atoms with Crippen molar-refractivity contribution in [2.45, 2.75) is 11.8 Å². The van der Waals surface area contributed by atoms with Gasteiger partial charge in [-0.1, -0.05) is 17.7 Å². The lowest BCUT2D eigenvalue weighted by Crippen LogP contribution is -2.00. The molecule has 0 N–H and O–H groups in total. The van der Waals surface area contributed by atoms with E-state index < -0.39 is 20.5 Å². The van der Waals surface area contributed by atoms with Crippen LogP contribution in [-0.2, 0) is 9.84 Å². The highest BCUT2D eigenvalue weighted by Gasteiger charge is 2.12. The summed E-state index contributed by atoms with van der Waals surface area (Å²) in [6.07, 6.45) is 0.941. The van der Waals surface area contributed by atoms with Crippen LogP contribution < -0.4 is 0 Å². The second-order valence-corrected chi connectivity index (χ2v) is 6.66. The normalized spacial score (nSPS) is 11.5. The zero-order chi connectivity index (χ0) is 17.0. The van der Waals surface area contributed by atoms with Crippen LogP contribution >= 0.6 is 0 Å². The average molecular weight is 331 g/mol. The molecule has 0 saturated heterocycles. The quantitative estimate of drug-likeness (QED) is 0.363. The number of rotatable bonds is 5. The highest BCUT2D eigenvalue weighted by molar-refractivity contribution is 7.94. The molecule has 0 aliphatic rings. The van der Waals surface area contributed by atoms with Gasteiger partial charge in [0.2, 0.25) is 0 Å². The standard InChI is InChI=1S/C16H13NO5S/c1-12-2-8-15(9-3-12)23(21,22)11-10-16(18)13-4-6-14(7-5-13)17(19)20/h2-11H,1H3. The van der Waals surface area contributed by atoms with Gasteiger partial charge in [-0.3, -0.25) is 14.9 Å². The van der Waals surface area contributed by atoms with E-state index in [1.165, 1.54) is 36.4 Å². The first-order valence-electron chi connectivity index (χ1n) is 6.58. The molecule has 0 bridgehead atoms. The van der Waals surface area contributed by atoms with Crippen molar-refractivity contribution in [3.05, 3.63) is 81.3 Å². The molecule has 0 spiro atoms. The molecule has 2 rings (SSSR count). The summed E-state index contributed by atoms with van der Waals surface area (Å²) in [6.45, 7) is 1.84. The zero-order valence-electron chi connectivity index (χ0n) is 12.2. The number of nitrogens with zero attached hydrogens (tertiary/aromatic N) is 1. The van der Waals surface area contributed by atoms with Crippen molar-refractivity contribution in [2.24, 2.45) is 0 Å². The maximum Gasteiger partial charge on any atom is 0.269 e. The van der Waals surface area contributed by atoms with Crippen LogP contribution in [0.3, 0.4) is 0 Å². The molecule has 0 amide bonds. The van der Waals surface area contributed by atoms with Gasteiger partial charge >= 0.3 is 0 Å². The number of benzene rings is 2. The summed E-state index contributed by atoms with van der Waals surface area (Å²) in [5.74, 6) is -0.546. The average Bonchev–Trinajstić information content (AvgIpc) is 2.53. The predicted molar refractivity (Wildman–Crippen MR) is 84.9 cm³/mol. The van der Waals surface area contributed by atoms with Crippen LogP contribution in [0.25, 0.3) is 0 Å². The van der Waals surface area contributed by atoms with Crippen molar-refractivity contribution < 1.29 is 18.1 Å². The van der Waals surface area contributed by atoms with Crippen LogP contribution in [0.15, 0.2) is 64.9 Å². The third-order valence-corrected chi connectivity index (χ3v) is 4.53. The summed E-state index contributed by atoms with van der Waals surface area (Å²) in [6, 6.07) is 11.2. The van der Waals surface area contributed by atoms with Crippen LogP contribution in [0.2, 0.25) is 0 Å². The molecular weight excluding hydrogens is 318 g/mol. The Labute approximate surface area is 133 Å². The van der Waals surface area contributed by atoms with E-state index in [0.717, 1.165) is 17.0 Å². The van der Waals surface area contributed by atoms with Gasteiger partial charge in [-0.05, 0) is 37.3 Å². The van der Waals surface area contributed by atoms with E-state index in [1.54, 1.807) is 12.1 Å². The molecule has 118 valence electrons. The topological polar surface area (TPSA) is 94.3 Å². The van der Waals surface area contributed by atoms with E-state index in [1.807, 2.05) is 6.92 Å². The monoisotopic (exact) mass is 331 g/mol. The third kappa shape index (κ3) is 4.10. The van der Waals surface area contributed by atoms with Crippen molar-refractivity contribution in [3.63, 3.8) is 0 Å². The van der Waals surface area contributed by atoms with E-state index in [0.29, 0.717) is 0 Å². The Morgan fingerprint density at radius 1 is 1.04 bits per heavy atom. The maximum absolute atomic E-state index is 12.1. The molecule has 0 saturated carbocycles. The van der Waals surface area contributed by atoms with Crippen LogP contribution in [0.5, 0.6) is 0 Å². The summed E-state index contributed by atoms with van der Waals surface area (Å²) >= 11 is 0. The van der Waals surface area contributed by atoms with Crippen molar-refractivity contribution in [3.8, 4) is 0 Å². The van der Waals surface area contributed by atoms with Gasteiger partial charge in [0.05, 0.1) is 9.82 Å². The number of ketones is 1. The molecule has 0 atom stereocenters. The van der Waals surface area contributed by atoms with E-state index in [2.05, 4.69) is 0 Å². The van der Waals surface area contributed by atoms with E-state index in [-0.39, 0.29) is 16.1 Å². The fraction of sp³-hybridized carbons (Fsp3) is 0.0625. The molecule has 0 aromatic heterocycles. The first-order valence-corrected chi connectivity index (χ1v) is 8.13. The number of carbonyl (C=O) groups is 1. The van der Waals surface area contributed by atoms with Gasteiger partial charge in [-0.2, -0.15) is 0 Å². The number of allylic oxidation sites excluding steroid dienone is 1. The number of nitro groups is 1. The summed E-state index contributed by atoms with van der Waals surface area (Å²) in [7, 11) is -3.71. The molecule has 23 heavy (non-hydrogen) atoms. The van der Waals surface area contributed by atoms with Crippen LogP contribution in [-0.4, -0.2) is 19.1 Å². The lowest BCUT2D eigenvalue weighted by Gasteiger charge is -2.00. The SMILES string of the molecule is Cc1ccc(S(=O)(=O)C=CC(=O)c2ccc([N+](=O)[O-])cc2)cc1. The fourth-order valence-electron chi connectivity index (χ4n) is 1.80. The van der Waals surface area contributed by atoms with Gasteiger partial charge in [-0.25, -0.2) is 8.42 Å². The molecule has 0 fully saturated rings.